The van der Waals surface area contributed by atoms with Crippen LogP contribution in [0, 0.1) is 28.9 Å². The summed E-state index contributed by atoms with van der Waals surface area (Å²) in [4.78, 5) is 11.8. The second kappa shape index (κ2) is 4.79. The summed E-state index contributed by atoms with van der Waals surface area (Å²) in [5.74, 6) is -1.80. The summed E-state index contributed by atoms with van der Waals surface area (Å²) in [5, 5.41) is 9.64. The van der Waals surface area contributed by atoms with E-state index in [4.69, 9.17) is 0 Å². The standard InChI is InChI=1S/C15H15BrF2O2/c16-11-3-4-12(17)10(13(11)18)7-15(14(19)20)6-8-1-2-9(15)5-8/h3-4,8-9H,1-2,5-7H2,(H,19,20). The molecule has 0 aliphatic heterocycles. The van der Waals surface area contributed by atoms with E-state index < -0.39 is 23.0 Å². The Balaban J connectivity index is 2.01. The van der Waals surface area contributed by atoms with Gasteiger partial charge in [-0.05, 0) is 65.6 Å². The minimum absolute atomic E-state index is 0.0442. The third-order valence-corrected chi connectivity index (χ3v) is 5.65. The Bertz CT molecular complexity index is 575. The molecular weight excluding hydrogens is 330 g/mol. The van der Waals surface area contributed by atoms with Gasteiger partial charge in [-0.2, -0.15) is 0 Å². The van der Waals surface area contributed by atoms with E-state index >= 15 is 0 Å². The van der Waals surface area contributed by atoms with Gasteiger partial charge in [0, 0.05) is 5.56 Å². The van der Waals surface area contributed by atoms with Gasteiger partial charge in [-0.1, -0.05) is 6.42 Å². The van der Waals surface area contributed by atoms with Crippen molar-refractivity contribution in [3.05, 3.63) is 33.8 Å². The molecule has 0 aromatic heterocycles. The van der Waals surface area contributed by atoms with Crippen molar-refractivity contribution in [3.63, 3.8) is 0 Å². The normalized spacial score (nSPS) is 31.8. The minimum atomic E-state index is -0.995. The number of hydrogen-bond acceptors (Lipinski definition) is 1. The SMILES string of the molecule is O=C(O)C1(Cc2c(F)ccc(Br)c2F)CC2CCC1C2. The van der Waals surface area contributed by atoms with Crippen LogP contribution in [-0.2, 0) is 11.2 Å². The van der Waals surface area contributed by atoms with Gasteiger partial charge in [0.25, 0.3) is 0 Å². The van der Waals surface area contributed by atoms with Crippen LogP contribution in [0.3, 0.4) is 0 Å². The Morgan fingerprint density at radius 3 is 2.70 bits per heavy atom. The lowest BCUT2D eigenvalue weighted by atomic mass is 9.69. The van der Waals surface area contributed by atoms with E-state index in [1.165, 1.54) is 12.1 Å². The molecule has 0 heterocycles. The number of rotatable bonds is 3. The number of carboxylic acid groups (broad SMARTS) is 1. The zero-order valence-corrected chi connectivity index (χ0v) is 12.4. The molecule has 0 amide bonds. The first-order chi connectivity index (χ1) is 9.44. The molecule has 1 N–H and O–H groups in total. The quantitative estimate of drug-likeness (QED) is 0.836. The first kappa shape index (κ1) is 14.0. The lowest BCUT2D eigenvalue weighted by Crippen LogP contribution is -2.39. The van der Waals surface area contributed by atoms with Crippen LogP contribution in [0.1, 0.15) is 31.2 Å². The predicted octanol–water partition coefficient (Wildman–Crippen LogP) is 4.16. The molecule has 5 heteroatoms. The van der Waals surface area contributed by atoms with Crippen molar-refractivity contribution in [2.75, 3.05) is 0 Å². The fraction of sp³-hybridized carbons (Fsp3) is 0.533. The van der Waals surface area contributed by atoms with Crippen molar-refractivity contribution < 1.29 is 18.7 Å². The molecule has 2 fully saturated rings. The van der Waals surface area contributed by atoms with E-state index in [1.807, 2.05) is 0 Å². The van der Waals surface area contributed by atoms with Crippen LogP contribution in [0.4, 0.5) is 8.78 Å². The van der Waals surface area contributed by atoms with Gasteiger partial charge in [0.15, 0.2) is 0 Å². The summed E-state index contributed by atoms with van der Waals surface area (Å²) in [6, 6.07) is 2.49. The third kappa shape index (κ3) is 1.98. The van der Waals surface area contributed by atoms with Gasteiger partial charge in [0.1, 0.15) is 11.6 Å². The molecule has 1 aromatic carbocycles. The molecule has 20 heavy (non-hydrogen) atoms. The molecule has 0 spiro atoms. The van der Waals surface area contributed by atoms with Gasteiger partial charge in [0.2, 0.25) is 0 Å². The number of benzene rings is 1. The average Bonchev–Trinajstić information content (AvgIpc) is 3.00. The van der Waals surface area contributed by atoms with Crippen molar-refractivity contribution >= 4 is 21.9 Å². The first-order valence-corrected chi connectivity index (χ1v) is 7.59. The Labute approximate surface area is 124 Å². The lowest BCUT2D eigenvalue weighted by Gasteiger charge is -2.34. The molecule has 2 bridgehead atoms. The Morgan fingerprint density at radius 2 is 2.15 bits per heavy atom. The van der Waals surface area contributed by atoms with Crippen molar-refractivity contribution in [1.82, 2.24) is 0 Å². The summed E-state index contributed by atoms with van der Waals surface area (Å²) in [5.41, 5.74) is -1.10. The largest absolute Gasteiger partial charge is 0.481 e. The molecule has 0 radical (unpaired) electrons. The molecule has 3 rings (SSSR count). The summed E-state index contributed by atoms with van der Waals surface area (Å²) in [7, 11) is 0. The molecule has 3 unspecified atom stereocenters. The van der Waals surface area contributed by atoms with Gasteiger partial charge in [0.05, 0.1) is 9.89 Å². The molecule has 2 saturated carbocycles. The van der Waals surface area contributed by atoms with Crippen molar-refractivity contribution in [2.24, 2.45) is 17.3 Å². The van der Waals surface area contributed by atoms with E-state index in [0.717, 1.165) is 19.3 Å². The van der Waals surface area contributed by atoms with Crippen molar-refractivity contribution in [3.8, 4) is 0 Å². The average molecular weight is 345 g/mol. The van der Waals surface area contributed by atoms with Gasteiger partial charge in [-0.3, -0.25) is 4.79 Å². The molecule has 0 saturated heterocycles. The second-order valence-electron chi connectivity index (χ2n) is 6.04. The molecule has 1 aromatic rings. The summed E-state index contributed by atoms with van der Waals surface area (Å²) in [6.45, 7) is 0. The highest BCUT2D eigenvalue weighted by atomic mass is 79.9. The molecule has 108 valence electrons. The van der Waals surface area contributed by atoms with Crippen LogP contribution in [-0.4, -0.2) is 11.1 Å². The molecule has 2 aliphatic rings. The zero-order chi connectivity index (χ0) is 14.5. The first-order valence-electron chi connectivity index (χ1n) is 6.80. The molecule has 3 atom stereocenters. The van der Waals surface area contributed by atoms with E-state index in [1.54, 1.807) is 0 Å². The maximum absolute atomic E-state index is 14.1. The second-order valence-corrected chi connectivity index (χ2v) is 6.89. The maximum atomic E-state index is 14.1. The number of fused-ring (bicyclic) bond motifs is 2. The number of halogens is 3. The highest BCUT2D eigenvalue weighted by Crippen LogP contribution is 2.57. The van der Waals surface area contributed by atoms with Crippen LogP contribution >= 0.6 is 15.9 Å². The van der Waals surface area contributed by atoms with Crippen molar-refractivity contribution in [1.29, 1.82) is 0 Å². The Hall–Kier alpha value is -0.970. The van der Waals surface area contributed by atoms with E-state index in [0.29, 0.717) is 12.3 Å². The highest BCUT2D eigenvalue weighted by Gasteiger charge is 2.56. The number of carboxylic acids is 1. The summed E-state index contributed by atoms with van der Waals surface area (Å²) >= 11 is 3.04. The van der Waals surface area contributed by atoms with E-state index in [-0.39, 0.29) is 22.4 Å². The zero-order valence-electron chi connectivity index (χ0n) is 10.8. The Kier molecular flexibility index (Phi) is 3.35. The number of aliphatic carboxylic acids is 1. The lowest BCUT2D eigenvalue weighted by molar-refractivity contribution is -0.152. The predicted molar refractivity (Wildman–Crippen MR) is 73.3 cm³/mol. The Morgan fingerprint density at radius 1 is 1.40 bits per heavy atom. The fourth-order valence-corrected chi connectivity index (χ4v) is 4.42. The smallest absolute Gasteiger partial charge is 0.310 e. The topological polar surface area (TPSA) is 37.3 Å². The van der Waals surface area contributed by atoms with Crippen molar-refractivity contribution in [2.45, 2.75) is 32.1 Å². The maximum Gasteiger partial charge on any atom is 0.310 e. The fourth-order valence-electron chi connectivity index (χ4n) is 4.04. The van der Waals surface area contributed by atoms with Crippen LogP contribution in [0.15, 0.2) is 16.6 Å². The van der Waals surface area contributed by atoms with Gasteiger partial charge in [-0.25, -0.2) is 8.78 Å². The molecule has 2 aliphatic carbocycles. The monoisotopic (exact) mass is 344 g/mol. The molecule has 2 nitrogen and oxygen atoms in total. The van der Waals surface area contributed by atoms with Crippen LogP contribution in [0.25, 0.3) is 0 Å². The minimum Gasteiger partial charge on any atom is -0.481 e. The van der Waals surface area contributed by atoms with E-state index in [2.05, 4.69) is 15.9 Å². The van der Waals surface area contributed by atoms with Gasteiger partial charge < -0.3 is 5.11 Å². The number of hydrogen-bond donors (Lipinski definition) is 1. The highest BCUT2D eigenvalue weighted by molar-refractivity contribution is 9.10. The van der Waals surface area contributed by atoms with Crippen LogP contribution in [0.2, 0.25) is 0 Å². The van der Waals surface area contributed by atoms with Crippen LogP contribution < -0.4 is 0 Å². The summed E-state index contributed by atoms with van der Waals surface area (Å²) in [6.07, 6.45) is 3.26. The number of carbonyl (C=O) groups is 1. The van der Waals surface area contributed by atoms with Gasteiger partial charge >= 0.3 is 5.97 Å². The molecular formula is C15H15BrF2O2. The van der Waals surface area contributed by atoms with Gasteiger partial charge in [-0.15, -0.1) is 0 Å². The van der Waals surface area contributed by atoms with Crippen LogP contribution in [0.5, 0.6) is 0 Å². The van der Waals surface area contributed by atoms with E-state index in [9.17, 15) is 18.7 Å². The summed E-state index contributed by atoms with van der Waals surface area (Å²) < 4.78 is 28.2. The third-order valence-electron chi connectivity index (χ3n) is 5.03.